The third kappa shape index (κ3) is 3.30. The maximum Gasteiger partial charge on any atom is 0.360 e. The van der Waals surface area contributed by atoms with E-state index in [9.17, 15) is 18.8 Å². The Morgan fingerprint density at radius 1 is 1.08 bits per heavy atom. The summed E-state index contributed by atoms with van der Waals surface area (Å²) in [5, 5.41) is 6.59. The summed E-state index contributed by atoms with van der Waals surface area (Å²) < 4.78 is 18.1. The van der Waals surface area contributed by atoms with Crippen LogP contribution in [0.25, 0.3) is 10.8 Å². The van der Waals surface area contributed by atoms with Gasteiger partial charge in [0.2, 0.25) is 5.78 Å². The Morgan fingerprint density at radius 2 is 1.72 bits per heavy atom. The van der Waals surface area contributed by atoms with Gasteiger partial charge in [0.05, 0.1) is 5.39 Å². The van der Waals surface area contributed by atoms with Gasteiger partial charge in [-0.05, 0) is 37.3 Å². The molecule has 7 heteroatoms. The number of H-pyrrole nitrogens is 1. The number of fused-ring (bicyclic) bond motifs is 1. The number of hydrogen-bond acceptors (Lipinski definition) is 5. The SMILES string of the molecule is C[C@@H](OC(=O)c1n[nH]c(=O)c2ccccc12)C(=O)c1ccc(F)cc1. The van der Waals surface area contributed by atoms with Gasteiger partial charge >= 0.3 is 5.97 Å². The van der Waals surface area contributed by atoms with Crippen molar-refractivity contribution in [2.24, 2.45) is 0 Å². The van der Waals surface area contributed by atoms with Gasteiger partial charge in [0, 0.05) is 10.9 Å². The molecule has 1 N–H and O–H groups in total. The summed E-state index contributed by atoms with van der Waals surface area (Å²) in [4.78, 5) is 36.4. The summed E-state index contributed by atoms with van der Waals surface area (Å²) in [5.41, 5.74) is -0.294. The van der Waals surface area contributed by atoms with Gasteiger partial charge in [0.1, 0.15) is 5.82 Å². The van der Waals surface area contributed by atoms with Crippen molar-refractivity contribution in [2.45, 2.75) is 13.0 Å². The van der Waals surface area contributed by atoms with E-state index in [1.807, 2.05) is 0 Å². The highest BCUT2D eigenvalue weighted by Gasteiger charge is 2.23. The molecule has 2 aromatic carbocycles. The standard InChI is InChI=1S/C18H13FN2O4/c1-10(16(22)11-6-8-12(19)9-7-11)25-18(24)15-13-4-2-3-5-14(13)17(23)21-20-15/h2-10H,1H3,(H,21,23)/t10-/m1/s1. The van der Waals surface area contributed by atoms with Crippen molar-refractivity contribution in [3.8, 4) is 0 Å². The Bertz CT molecular complexity index is 1010. The monoisotopic (exact) mass is 340 g/mol. The number of rotatable bonds is 4. The molecule has 0 aliphatic rings. The molecule has 0 spiro atoms. The molecule has 1 aromatic heterocycles. The molecule has 0 aliphatic carbocycles. The Balaban J connectivity index is 1.85. The molecule has 0 aliphatic heterocycles. The molecule has 6 nitrogen and oxygen atoms in total. The topological polar surface area (TPSA) is 89.1 Å². The first-order chi connectivity index (χ1) is 12.0. The first kappa shape index (κ1) is 16.5. The van der Waals surface area contributed by atoms with Crippen molar-refractivity contribution >= 4 is 22.5 Å². The minimum Gasteiger partial charge on any atom is -0.449 e. The summed E-state index contributed by atoms with van der Waals surface area (Å²) >= 11 is 0. The molecule has 0 radical (unpaired) electrons. The van der Waals surface area contributed by atoms with Crippen LogP contribution >= 0.6 is 0 Å². The van der Waals surface area contributed by atoms with E-state index < -0.39 is 29.2 Å². The lowest BCUT2D eigenvalue weighted by atomic mass is 10.1. The molecule has 0 unspecified atom stereocenters. The average Bonchev–Trinajstić information content (AvgIpc) is 2.62. The lowest BCUT2D eigenvalue weighted by Gasteiger charge is -2.12. The molecule has 1 heterocycles. The quantitative estimate of drug-likeness (QED) is 0.582. The second-order valence-corrected chi connectivity index (χ2v) is 5.37. The molecule has 3 rings (SSSR count). The van der Waals surface area contributed by atoms with E-state index in [2.05, 4.69) is 10.2 Å². The first-order valence-electron chi connectivity index (χ1n) is 7.45. The number of ether oxygens (including phenoxy) is 1. The maximum atomic E-state index is 12.9. The van der Waals surface area contributed by atoms with E-state index in [1.54, 1.807) is 24.3 Å². The van der Waals surface area contributed by atoms with Crippen LogP contribution in [0.5, 0.6) is 0 Å². The minimum absolute atomic E-state index is 0.0889. The molecule has 3 aromatic rings. The second-order valence-electron chi connectivity index (χ2n) is 5.37. The van der Waals surface area contributed by atoms with Gasteiger partial charge < -0.3 is 4.74 Å². The smallest absolute Gasteiger partial charge is 0.360 e. The van der Waals surface area contributed by atoms with Crippen molar-refractivity contribution in [3.05, 3.63) is 76.0 Å². The van der Waals surface area contributed by atoms with Gasteiger partial charge in [-0.3, -0.25) is 9.59 Å². The van der Waals surface area contributed by atoms with Crippen molar-refractivity contribution in [1.29, 1.82) is 0 Å². The fourth-order valence-corrected chi connectivity index (χ4v) is 2.39. The van der Waals surface area contributed by atoms with Crippen LogP contribution in [0, 0.1) is 5.82 Å². The molecule has 0 bridgehead atoms. The lowest BCUT2D eigenvalue weighted by Crippen LogP contribution is -2.26. The van der Waals surface area contributed by atoms with E-state index in [1.165, 1.54) is 19.1 Å². The van der Waals surface area contributed by atoms with Crippen LogP contribution in [0.2, 0.25) is 0 Å². The fourth-order valence-electron chi connectivity index (χ4n) is 2.39. The second kappa shape index (κ2) is 6.64. The summed E-state index contributed by atoms with van der Waals surface area (Å²) in [5.74, 6) is -1.78. The number of carbonyl (C=O) groups is 2. The molecule has 0 amide bonds. The van der Waals surface area contributed by atoms with Crippen LogP contribution in [0.4, 0.5) is 4.39 Å². The van der Waals surface area contributed by atoms with Crippen LogP contribution < -0.4 is 5.56 Å². The van der Waals surface area contributed by atoms with E-state index >= 15 is 0 Å². The Labute approximate surface area is 141 Å². The lowest BCUT2D eigenvalue weighted by molar-refractivity contribution is 0.0314. The molecule has 25 heavy (non-hydrogen) atoms. The van der Waals surface area contributed by atoms with Gasteiger partial charge in [0.15, 0.2) is 11.8 Å². The summed E-state index contributed by atoms with van der Waals surface area (Å²) in [6.07, 6.45) is -1.09. The largest absolute Gasteiger partial charge is 0.449 e. The van der Waals surface area contributed by atoms with Gasteiger partial charge in [-0.25, -0.2) is 14.3 Å². The van der Waals surface area contributed by atoms with Crippen LogP contribution in [0.3, 0.4) is 0 Å². The number of carbonyl (C=O) groups excluding carboxylic acids is 2. The number of benzene rings is 2. The number of nitrogens with zero attached hydrogens (tertiary/aromatic N) is 1. The molecule has 0 saturated heterocycles. The van der Waals surface area contributed by atoms with Crippen LogP contribution in [-0.2, 0) is 4.74 Å². The molecule has 1 atom stereocenters. The average molecular weight is 340 g/mol. The highest BCUT2D eigenvalue weighted by atomic mass is 19.1. The number of hydrogen-bond donors (Lipinski definition) is 1. The number of aromatic nitrogens is 2. The minimum atomic E-state index is -1.09. The van der Waals surface area contributed by atoms with Crippen molar-refractivity contribution < 1.29 is 18.7 Å². The fraction of sp³-hybridized carbons (Fsp3) is 0.111. The van der Waals surface area contributed by atoms with E-state index in [0.717, 1.165) is 12.1 Å². The third-order valence-corrected chi connectivity index (χ3v) is 3.67. The number of Topliss-reactive ketones (excluding diaryl/α,β-unsaturated/α-hetero) is 1. The van der Waals surface area contributed by atoms with E-state index in [4.69, 9.17) is 4.74 Å². The van der Waals surface area contributed by atoms with Crippen LogP contribution in [0.1, 0.15) is 27.8 Å². The number of aromatic amines is 1. The van der Waals surface area contributed by atoms with Crippen molar-refractivity contribution in [2.75, 3.05) is 0 Å². The molecule has 0 saturated carbocycles. The highest BCUT2D eigenvalue weighted by Crippen LogP contribution is 2.15. The highest BCUT2D eigenvalue weighted by molar-refractivity contribution is 6.04. The first-order valence-corrected chi connectivity index (χ1v) is 7.45. The van der Waals surface area contributed by atoms with Gasteiger partial charge in [-0.2, -0.15) is 5.10 Å². The van der Waals surface area contributed by atoms with Crippen molar-refractivity contribution in [1.82, 2.24) is 10.2 Å². The van der Waals surface area contributed by atoms with Crippen molar-refractivity contribution in [3.63, 3.8) is 0 Å². The summed E-state index contributed by atoms with van der Waals surface area (Å²) in [7, 11) is 0. The zero-order valence-corrected chi connectivity index (χ0v) is 13.2. The molecule has 0 fully saturated rings. The normalized spacial score (nSPS) is 11.9. The zero-order valence-electron chi connectivity index (χ0n) is 13.2. The van der Waals surface area contributed by atoms with E-state index in [-0.39, 0.29) is 11.3 Å². The summed E-state index contributed by atoms with van der Waals surface area (Å²) in [6.45, 7) is 1.41. The van der Waals surface area contributed by atoms with Gasteiger partial charge in [-0.15, -0.1) is 0 Å². The zero-order chi connectivity index (χ0) is 18.0. The number of halogens is 1. The maximum absolute atomic E-state index is 12.9. The number of ketones is 1. The summed E-state index contributed by atoms with van der Waals surface area (Å²) in [6, 6.07) is 11.4. The predicted octanol–water partition coefficient (Wildman–Crippen LogP) is 2.49. The van der Waals surface area contributed by atoms with Crippen LogP contribution in [-0.4, -0.2) is 28.1 Å². The Hall–Kier alpha value is -3.35. The van der Waals surface area contributed by atoms with Gasteiger partial charge in [-0.1, -0.05) is 18.2 Å². The number of nitrogens with one attached hydrogen (secondary N) is 1. The number of esters is 1. The molecule has 126 valence electrons. The predicted molar refractivity (Wildman–Crippen MR) is 88.0 cm³/mol. The van der Waals surface area contributed by atoms with Crippen LogP contribution in [0.15, 0.2) is 53.3 Å². The molecular formula is C18H13FN2O4. The molecular weight excluding hydrogens is 327 g/mol. The van der Waals surface area contributed by atoms with Gasteiger partial charge in [0.25, 0.3) is 5.56 Å². The third-order valence-electron chi connectivity index (χ3n) is 3.67. The Kier molecular flexibility index (Phi) is 4.38. The van der Waals surface area contributed by atoms with E-state index in [0.29, 0.717) is 10.8 Å². The Morgan fingerprint density at radius 3 is 2.40 bits per heavy atom.